The van der Waals surface area contributed by atoms with Gasteiger partial charge in [0.05, 0.1) is 30.2 Å². The average Bonchev–Trinajstić information content (AvgIpc) is 3.70. The summed E-state index contributed by atoms with van der Waals surface area (Å²) in [5, 5.41) is 5.27. The van der Waals surface area contributed by atoms with E-state index in [1.165, 1.54) is 6.33 Å². The number of fused-ring (bicyclic) bond motifs is 3. The highest BCUT2D eigenvalue weighted by Gasteiger charge is 2.39. The second-order valence-electron chi connectivity index (χ2n) is 12.2. The van der Waals surface area contributed by atoms with Crippen LogP contribution >= 0.6 is 23.5 Å². The number of carbonyl (C=O) groups excluding carboxylic acids is 1. The molecule has 1 aliphatic rings. The number of ether oxygens (including phenoxy) is 1. The van der Waals surface area contributed by atoms with Crippen molar-refractivity contribution in [3.05, 3.63) is 60.6 Å². The van der Waals surface area contributed by atoms with E-state index >= 15 is 0 Å². The molecule has 2 aromatic carbocycles. The number of pyridine rings is 1. The van der Waals surface area contributed by atoms with E-state index in [1.54, 1.807) is 10.8 Å². The molecule has 1 amide bonds. The molecule has 20 nitrogen and oxygen atoms in total. The number of hydrogen-bond acceptors (Lipinski definition) is 14. The van der Waals surface area contributed by atoms with Gasteiger partial charge in [0.15, 0.2) is 0 Å². The van der Waals surface area contributed by atoms with Crippen LogP contribution in [0.4, 0.5) is 17.2 Å². The fourth-order valence-corrected chi connectivity index (χ4v) is 9.07. The van der Waals surface area contributed by atoms with Gasteiger partial charge in [0.2, 0.25) is 16.9 Å². The number of aryl methyl sites for hydroxylation is 1. The Kier molecular flexibility index (Phi) is 11.4. The molecule has 6 rings (SSSR count). The molecule has 0 aliphatic carbocycles. The van der Waals surface area contributed by atoms with Crippen molar-refractivity contribution in [2.45, 2.75) is 44.6 Å². The monoisotopic (exact) mass is 804 g/mol. The Labute approximate surface area is 306 Å². The Morgan fingerprint density at radius 1 is 1.00 bits per heavy atom. The highest BCUT2D eigenvalue weighted by Crippen LogP contribution is 2.65. The van der Waals surface area contributed by atoms with Gasteiger partial charge >= 0.3 is 15.6 Å². The lowest BCUT2D eigenvalue weighted by molar-refractivity contribution is -0.645. The smallest absolute Gasteiger partial charge is 0.487 e. The Balaban J connectivity index is 1.06. The third-order valence-electron chi connectivity index (χ3n) is 8.25. The van der Waals surface area contributed by atoms with Gasteiger partial charge in [0.1, 0.15) is 30.6 Å². The van der Waals surface area contributed by atoms with Gasteiger partial charge in [-0.15, -0.1) is 0 Å². The van der Waals surface area contributed by atoms with Crippen molar-refractivity contribution in [3.63, 3.8) is 0 Å². The summed E-state index contributed by atoms with van der Waals surface area (Å²) in [7, 11) is -16.8. The third kappa shape index (κ3) is 9.60. The maximum Gasteiger partial charge on any atom is 0.487 e. The van der Waals surface area contributed by atoms with Gasteiger partial charge in [-0.2, -0.15) is 8.88 Å². The van der Waals surface area contributed by atoms with Gasteiger partial charge in [0.25, 0.3) is 7.82 Å². The second kappa shape index (κ2) is 15.7. The Bertz CT molecular complexity index is 2400. The predicted molar refractivity (Wildman–Crippen MR) is 192 cm³/mol. The van der Waals surface area contributed by atoms with E-state index < -0.39 is 42.4 Å². The normalized spacial score (nSPS) is 19.2. The summed E-state index contributed by atoms with van der Waals surface area (Å²) in [5.41, 5.74) is 22.3. The van der Waals surface area contributed by atoms with Crippen LogP contribution in [0.1, 0.15) is 37.5 Å². The lowest BCUT2D eigenvalue weighted by Crippen LogP contribution is -2.36. The first-order valence-electron chi connectivity index (χ1n) is 16.2. The number of rotatable bonds is 13. The predicted octanol–water partition coefficient (Wildman–Crippen LogP) is 2.11. The van der Waals surface area contributed by atoms with Gasteiger partial charge in [-0.1, -0.05) is 11.8 Å². The first-order valence-corrected chi connectivity index (χ1v) is 20.7. The molecule has 10 N–H and O–H groups in total. The summed E-state index contributed by atoms with van der Waals surface area (Å²) in [6.45, 7) is -0.0316. The van der Waals surface area contributed by atoms with Crippen LogP contribution in [0.3, 0.4) is 0 Å². The summed E-state index contributed by atoms with van der Waals surface area (Å²) in [5.74, 6) is 5.86. The molecule has 4 heterocycles. The zero-order valence-corrected chi connectivity index (χ0v) is 30.9. The SMILES string of the molecule is Nc1ccc2cc3ccc(N)cc3[n+](CCCC(=O)NCC#Cc3cn([C@H]4CC[C@@H](COP(=O)(O)OP(=O)(O)OP(=O)([O-])O)O4)c4ncnc(N)c34)c2c1. The van der Waals surface area contributed by atoms with E-state index in [-0.39, 0.29) is 31.1 Å². The number of amides is 1. The van der Waals surface area contributed by atoms with Crippen LogP contribution in [0.2, 0.25) is 0 Å². The van der Waals surface area contributed by atoms with E-state index in [0.717, 1.165) is 21.8 Å². The molecule has 3 aromatic heterocycles. The quantitative estimate of drug-likeness (QED) is 0.0295. The maximum atomic E-state index is 12.8. The molecule has 3 unspecified atom stereocenters. The minimum Gasteiger partial charge on any atom is -0.756 e. The van der Waals surface area contributed by atoms with Crippen LogP contribution in [0.5, 0.6) is 0 Å². The van der Waals surface area contributed by atoms with Gasteiger partial charge < -0.3 is 51.4 Å². The van der Waals surface area contributed by atoms with Gasteiger partial charge in [-0.05, 0) is 43.2 Å². The number of phosphoric ester groups is 1. The number of nitrogens with one attached hydrogen (secondary N) is 1. The zero-order chi connectivity index (χ0) is 38.8. The summed E-state index contributed by atoms with van der Waals surface area (Å²) < 4.78 is 56.1. The Hall–Kier alpha value is -4.47. The summed E-state index contributed by atoms with van der Waals surface area (Å²) in [4.78, 5) is 59.5. The fourth-order valence-electron chi connectivity index (χ4n) is 6.05. The minimum absolute atomic E-state index is 0.0373. The highest BCUT2D eigenvalue weighted by atomic mass is 31.3. The number of nitrogens with two attached hydrogens (primary N) is 3. The maximum absolute atomic E-state index is 12.8. The van der Waals surface area contributed by atoms with Crippen molar-refractivity contribution >= 4 is 79.4 Å². The van der Waals surface area contributed by atoms with Gasteiger partial charge in [0, 0.05) is 53.3 Å². The first kappa shape index (κ1) is 39.2. The van der Waals surface area contributed by atoms with Crippen molar-refractivity contribution in [1.29, 1.82) is 0 Å². The largest absolute Gasteiger partial charge is 0.756 e. The molecular formula is C31H35N8O12P3. The number of benzene rings is 2. The number of hydrogen-bond donors (Lipinski definition) is 7. The molecule has 1 aliphatic heterocycles. The average molecular weight is 805 g/mol. The molecule has 5 aromatic rings. The van der Waals surface area contributed by atoms with Crippen LogP contribution in [-0.2, 0) is 42.9 Å². The summed E-state index contributed by atoms with van der Waals surface area (Å²) >= 11 is 0. The number of aromatic nitrogens is 4. The van der Waals surface area contributed by atoms with E-state index in [9.17, 15) is 33.2 Å². The number of phosphoric acid groups is 3. The molecule has 0 spiro atoms. The van der Waals surface area contributed by atoms with E-state index in [1.807, 2.05) is 36.4 Å². The molecule has 54 heavy (non-hydrogen) atoms. The van der Waals surface area contributed by atoms with E-state index in [4.69, 9.17) is 31.4 Å². The summed E-state index contributed by atoms with van der Waals surface area (Å²) in [6, 6.07) is 13.5. The Morgan fingerprint density at radius 3 is 2.35 bits per heavy atom. The van der Waals surface area contributed by atoms with Crippen molar-refractivity contribution in [3.8, 4) is 11.8 Å². The van der Waals surface area contributed by atoms with Crippen LogP contribution in [0.15, 0.2) is 55.0 Å². The number of anilines is 3. The highest BCUT2D eigenvalue weighted by molar-refractivity contribution is 7.66. The molecule has 0 saturated carbocycles. The molecule has 286 valence electrons. The van der Waals surface area contributed by atoms with Crippen LogP contribution in [-0.4, -0.2) is 54.4 Å². The van der Waals surface area contributed by atoms with Crippen LogP contribution in [0, 0.1) is 11.8 Å². The number of carbonyl (C=O) groups is 1. The van der Waals surface area contributed by atoms with Crippen LogP contribution in [0.25, 0.3) is 32.8 Å². The lowest BCUT2D eigenvalue weighted by atomic mass is 10.1. The molecule has 23 heteroatoms. The molecule has 1 fully saturated rings. The van der Waals surface area contributed by atoms with Crippen molar-refractivity contribution in [2.75, 3.05) is 30.4 Å². The number of nitrogens with zero attached hydrogens (tertiary/aromatic N) is 4. The Morgan fingerprint density at radius 2 is 1.69 bits per heavy atom. The fraction of sp³-hybridized carbons (Fsp3) is 0.290. The number of nitrogen functional groups attached to an aromatic ring is 3. The van der Waals surface area contributed by atoms with Crippen molar-refractivity contribution in [2.24, 2.45) is 0 Å². The first-order chi connectivity index (χ1) is 25.5. The molecule has 1 saturated heterocycles. The van der Waals surface area contributed by atoms with E-state index in [2.05, 4.69) is 46.4 Å². The molecular weight excluding hydrogens is 769 g/mol. The molecule has 0 bridgehead atoms. The standard InChI is InChI=1S/C31H35N8O12P3/c32-22-7-5-19-13-20-6-8-23(33)15-26(20)38(25(19)14-22)12-2-4-27(40)35-11-1-3-21-16-39(31-29(21)30(34)36-18-37-31)28-10-9-24(49-28)17-48-53(44,45)51-54(46,47)50-52(41,42)43/h5-8,13-16,18,24,28H,2,4,9-12,17H2,(H10,32,33,34,35,36,37,40,41,42,43,44,45,46,47)/t24-,28+/m0/s1. The molecule has 5 atom stereocenters. The summed E-state index contributed by atoms with van der Waals surface area (Å²) in [6.07, 6.45) is 2.81. The van der Waals surface area contributed by atoms with Gasteiger partial charge in [-0.25, -0.2) is 23.4 Å². The lowest BCUT2D eigenvalue weighted by Gasteiger charge is -2.21. The van der Waals surface area contributed by atoms with E-state index in [0.29, 0.717) is 47.4 Å². The molecule has 0 radical (unpaired) electrons. The third-order valence-corrected chi connectivity index (χ3v) is 12.0. The van der Waals surface area contributed by atoms with Gasteiger partial charge in [-0.3, -0.25) is 13.9 Å². The zero-order valence-electron chi connectivity index (χ0n) is 28.2. The minimum atomic E-state index is -5.78. The second-order valence-corrected chi connectivity index (χ2v) is 16.6. The van der Waals surface area contributed by atoms with Crippen molar-refractivity contribution in [1.82, 2.24) is 19.9 Å². The topological polar surface area (TPSA) is 314 Å². The van der Waals surface area contributed by atoms with Crippen molar-refractivity contribution < 1.29 is 60.5 Å². The van der Waals surface area contributed by atoms with Crippen LogP contribution < -0.4 is 32.0 Å².